The van der Waals surface area contributed by atoms with E-state index in [0.29, 0.717) is 5.82 Å². The van der Waals surface area contributed by atoms with E-state index in [2.05, 4.69) is 20.4 Å². The smallest absolute Gasteiger partial charge is 0.368 e. The molecule has 0 aliphatic rings. The summed E-state index contributed by atoms with van der Waals surface area (Å²) in [5.41, 5.74) is 4.77. The quantitative estimate of drug-likeness (QED) is 0.775. The number of aromatic nitrogens is 4. The number of alkyl halides is 3. The minimum Gasteiger partial charge on any atom is -0.368 e. The van der Waals surface area contributed by atoms with Crippen LogP contribution in [0.1, 0.15) is 5.56 Å². The van der Waals surface area contributed by atoms with E-state index in [1.54, 1.807) is 24.4 Å². The highest BCUT2D eigenvalue weighted by Gasteiger charge is 2.33. The predicted octanol–water partition coefficient (Wildman–Crippen LogP) is 3.01. The number of nitrogens with one attached hydrogen (secondary N) is 1. The van der Waals surface area contributed by atoms with Crippen LogP contribution in [-0.2, 0) is 6.18 Å². The summed E-state index contributed by atoms with van der Waals surface area (Å²) in [5, 5.41) is 6.58. The van der Waals surface area contributed by atoms with Crippen molar-refractivity contribution in [2.75, 3.05) is 11.1 Å². The van der Waals surface area contributed by atoms with Gasteiger partial charge < -0.3 is 11.1 Å². The van der Waals surface area contributed by atoms with E-state index >= 15 is 0 Å². The SMILES string of the molecule is Nc1nc(Nc2ccccc2C(F)(F)F)nn1-c1ccccn1. The van der Waals surface area contributed by atoms with E-state index in [1.807, 2.05) is 0 Å². The first kappa shape index (κ1) is 14.8. The summed E-state index contributed by atoms with van der Waals surface area (Å²) in [6, 6.07) is 10.2. The Balaban J connectivity index is 1.94. The third-order valence-corrected chi connectivity index (χ3v) is 2.98. The summed E-state index contributed by atoms with van der Waals surface area (Å²) in [7, 11) is 0. The molecule has 0 spiro atoms. The summed E-state index contributed by atoms with van der Waals surface area (Å²) in [5.74, 6) is 0.371. The minimum absolute atomic E-state index is 0.00990. The number of nitrogen functional groups attached to an aromatic ring is 1. The molecule has 2 heterocycles. The number of nitrogens with zero attached hydrogens (tertiary/aromatic N) is 4. The molecule has 118 valence electrons. The molecule has 0 fully saturated rings. The van der Waals surface area contributed by atoms with Crippen LogP contribution in [-0.4, -0.2) is 19.7 Å². The van der Waals surface area contributed by atoms with Crippen LogP contribution in [0.25, 0.3) is 5.82 Å². The van der Waals surface area contributed by atoms with E-state index in [4.69, 9.17) is 5.73 Å². The Morgan fingerprint density at radius 1 is 1.04 bits per heavy atom. The highest BCUT2D eigenvalue weighted by molar-refractivity contribution is 5.60. The Kier molecular flexibility index (Phi) is 3.61. The van der Waals surface area contributed by atoms with Gasteiger partial charge in [0.1, 0.15) is 0 Å². The Labute approximate surface area is 128 Å². The lowest BCUT2D eigenvalue weighted by Gasteiger charge is -2.12. The van der Waals surface area contributed by atoms with Gasteiger partial charge in [-0.3, -0.25) is 0 Å². The van der Waals surface area contributed by atoms with E-state index in [-0.39, 0.29) is 17.6 Å². The number of para-hydroxylation sites is 1. The summed E-state index contributed by atoms with van der Waals surface area (Å²) < 4.78 is 40.2. The fourth-order valence-electron chi connectivity index (χ4n) is 1.98. The van der Waals surface area contributed by atoms with Crippen molar-refractivity contribution in [2.24, 2.45) is 0 Å². The highest BCUT2D eigenvalue weighted by atomic mass is 19.4. The van der Waals surface area contributed by atoms with E-state index in [9.17, 15) is 13.2 Å². The van der Waals surface area contributed by atoms with Gasteiger partial charge in [0, 0.05) is 6.20 Å². The van der Waals surface area contributed by atoms with Crippen LogP contribution in [0.4, 0.5) is 30.8 Å². The summed E-state index contributed by atoms with van der Waals surface area (Å²) in [6.07, 6.45) is -2.94. The van der Waals surface area contributed by atoms with Crippen LogP contribution >= 0.6 is 0 Å². The topological polar surface area (TPSA) is 81.6 Å². The molecule has 3 aromatic rings. The normalized spacial score (nSPS) is 11.4. The standard InChI is InChI=1S/C14H11F3N6/c15-14(16,17)9-5-1-2-6-10(9)20-13-21-12(18)23(22-13)11-7-3-4-8-19-11/h1-8H,(H3,18,20,21,22). The molecular formula is C14H11F3N6. The van der Waals surface area contributed by atoms with Crippen molar-refractivity contribution < 1.29 is 13.2 Å². The molecule has 6 nitrogen and oxygen atoms in total. The maximum atomic E-state index is 13.0. The number of nitrogens with two attached hydrogens (primary N) is 1. The number of halogens is 3. The van der Waals surface area contributed by atoms with Crippen molar-refractivity contribution >= 4 is 17.6 Å². The van der Waals surface area contributed by atoms with Gasteiger partial charge in [0.25, 0.3) is 0 Å². The molecule has 0 aliphatic carbocycles. The second-order valence-corrected chi connectivity index (χ2v) is 4.56. The van der Waals surface area contributed by atoms with Crippen molar-refractivity contribution in [3.05, 3.63) is 54.2 Å². The molecule has 2 aromatic heterocycles. The first-order valence-corrected chi connectivity index (χ1v) is 6.52. The molecule has 9 heteroatoms. The van der Waals surface area contributed by atoms with Gasteiger partial charge in [-0.1, -0.05) is 18.2 Å². The molecule has 0 saturated heterocycles. The monoisotopic (exact) mass is 320 g/mol. The molecule has 0 aliphatic heterocycles. The average molecular weight is 320 g/mol. The molecule has 3 rings (SSSR count). The molecule has 0 amide bonds. The molecule has 1 aromatic carbocycles. The van der Waals surface area contributed by atoms with Crippen LogP contribution in [0.2, 0.25) is 0 Å². The lowest BCUT2D eigenvalue weighted by atomic mass is 10.1. The zero-order valence-corrected chi connectivity index (χ0v) is 11.6. The van der Waals surface area contributed by atoms with Gasteiger partial charge in [-0.2, -0.15) is 22.8 Å². The molecule has 0 bridgehead atoms. The summed E-state index contributed by atoms with van der Waals surface area (Å²) in [4.78, 5) is 7.98. The first-order valence-electron chi connectivity index (χ1n) is 6.52. The number of anilines is 3. The van der Waals surface area contributed by atoms with Crippen molar-refractivity contribution in [1.29, 1.82) is 0 Å². The van der Waals surface area contributed by atoms with Gasteiger partial charge in [0.15, 0.2) is 5.82 Å². The second-order valence-electron chi connectivity index (χ2n) is 4.56. The molecule has 0 saturated carbocycles. The van der Waals surface area contributed by atoms with E-state index < -0.39 is 11.7 Å². The van der Waals surface area contributed by atoms with Gasteiger partial charge in [0.05, 0.1) is 11.3 Å². The lowest BCUT2D eigenvalue weighted by Crippen LogP contribution is -2.09. The molecule has 23 heavy (non-hydrogen) atoms. The van der Waals surface area contributed by atoms with Crippen molar-refractivity contribution in [3.63, 3.8) is 0 Å². The fourth-order valence-corrected chi connectivity index (χ4v) is 1.98. The number of rotatable bonds is 3. The predicted molar refractivity (Wildman–Crippen MR) is 78.3 cm³/mol. The van der Waals surface area contributed by atoms with Gasteiger partial charge >= 0.3 is 6.18 Å². The minimum atomic E-state index is -4.49. The fraction of sp³-hybridized carbons (Fsp3) is 0.0714. The largest absolute Gasteiger partial charge is 0.418 e. The summed E-state index contributed by atoms with van der Waals surface area (Å²) in [6.45, 7) is 0. The van der Waals surface area contributed by atoms with Gasteiger partial charge in [-0.25, -0.2) is 4.98 Å². The maximum Gasteiger partial charge on any atom is 0.418 e. The number of pyridine rings is 1. The number of hydrogen-bond donors (Lipinski definition) is 2. The third-order valence-electron chi connectivity index (χ3n) is 2.98. The Morgan fingerprint density at radius 3 is 2.48 bits per heavy atom. The number of benzene rings is 1. The van der Waals surface area contributed by atoms with Crippen molar-refractivity contribution in [1.82, 2.24) is 19.7 Å². The zero-order chi connectivity index (χ0) is 16.4. The van der Waals surface area contributed by atoms with Crippen LogP contribution in [0.5, 0.6) is 0 Å². The number of hydrogen-bond acceptors (Lipinski definition) is 5. The molecule has 3 N–H and O–H groups in total. The highest BCUT2D eigenvalue weighted by Crippen LogP contribution is 2.35. The van der Waals surface area contributed by atoms with E-state index in [1.165, 1.54) is 22.9 Å². The molecule has 0 unspecified atom stereocenters. The van der Waals surface area contributed by atoms with Crippen LogP contribution in [0.15, 0.2) is 48.7 Å². The summed E-state index contributed by atoms with van der Waals surface area (Å²) >= 11 is 0. The van der Waals surface area contributed by atoms with Gasteiger partial charge in [-0.15, -0.1) is 5.10 Å². The Morgan fingerprint density at radius 2 is 1.78 bits per heavy atom. The Hall–Kier alpha value is -3.10. The first-order chi connectivity index (χ1) is 10.9. The zero-order valence-electron chi connectivity index (χ0n) is 11.6. The maximum absolute atomic E-state index is 13.0. The third kappa shape index (κ3) is 3.07. The Bertz CT molecular complexity index is 813. The van der Waals surface area contributed by atoms with Gasteiger partial charge in [0.2, 0.25) is 11.9 Å². The van der Waals surface area contributed by atoms with Crippen molar-refractivity contribution in [3.8, 4) is 5.82 Å². The lowest BCUT2D eigenvalue weighted by molar-refractivity contribution is -0.136. The van der Waals surface area contributed by atoms with Gasteiger partial charge in [-0.05, 0) is 24.3 Å². The van der Waals surface area contributed by atoms with Crippen molar-refractivity contribution in [2.45, 2.75) is 6.18 Å². The molecular weight excluding hydrogens is 309 g/mol. The average Bonchev–Trinajstić information content (AvgIpc) is 2.88. The molecule has 0 atom stereocenters. The van der Waals surface area contributed by atoms with E-state index in [0.717, 1.165) is 6.07 Å². The van der Waals surface area contributed by atoms with Crippen LogP contribution < -0.4 is 11.1 Å². The van der Waals surface area contributed by atoms with Crippen LogP contribution in [0, 0.1) is 0 Å². The second kappa shape index (κ2) is 5.59. The molecule has 0 radical (unpaired) electrons. The van der Waals surface area contributed by atoms with Crippen LogP contribution in [0.3, 0.4) is 0 Å².